The van der Waals surface area contributed by atoms with E-state index in [2.05, 4.69) is 4.90 Å². The minimum absolute atomic E-state index is 0.00818. The highest BCUT2D eigenvalue weighted by molar-refractivity contribution is 5.99. The number of rotatable bonds is 4. The maximum Gasteiger partial charge on any atom is 0.231 e. The average Bonchev–Trinajstić information content (AvgIpc) is 3.10. The number of ether oxygens (including phenoxy) is 3. The van der Waals surface area contributed by atoms with Gasteiger partial charge in [0, 0.05) is 24.6 Å². The van der Waals surface area contributed by atoms with Crippen LogP contribution < -0.4 is 14.2 Å². The number of hydrogen-bond donors (Lipinski definition) is 1. The highest BCUT2D eigenvalue weighted by Gasteiger charge is 2.35. The lowest BCUT2D eigenvalue weighted by Gasteiger charge is -2.35. The van der Waals surface area contributed by atoms with Crippen LogP contribution in [0.15, 0.2) is 30.3 Å². The second-order valence-corrected chi connectivity index (χ2v) is 6.61. The number of likely N-dealkylation sites (N-methyl/N-ethyl adjacent to an activating group) is 1. The fourth-order valence-electron chi connectivity index (χ4n) is 3.78. The highest BCUT2D eigenvalue weighted by atomic mass is 16.7. The van der Waals surface area contributed by atoms with Gasteiger partial charge in [-0.15, -0.1) is 0 Å². The van der Waals surface area contributed by atoms with Crippen LogP contribution in [0.5, 0.6) is 23.0 Å². The van der Waals surface area contributed by atoms with Crippen molar-refractivity contribution in [2.24, 2.45) is 0 Å². The first-order valence-electron chi connectivity index (χ1n) is 8.61. The summed E-state index contributed by atoms with van der Waals surface area (Å²) in [5.74, 6) is 1.83. The summed E-state index contributed by atoms with van der Waals surface area (Å²) in [4.78, 5) is 15.0. The lowest BCUT2D eigenvalue weighted by atomic mass is 9.87. The summed E-state index contributed by atoms with van der Waals surface area (Å²) in [7, 11) is 3.60. The van der Waals surface area contributed by atoms with Crippen molar-refractivity contribution in [2.75, 3.05) is 27.5 Å². The Balaban J connectivity index is 1.74. The molecule has 0 aromatic heterocycles. The average molecular weight is 355 g/mol. The van der Waals surface area contributed by atoms with Gasteiger partial charge in [-0.05, 0) is 37.2 Å². The molecule has 4 rings (SSSR count). The number of hydrogen-bond acceptors (Lipinski definition) is 6. The van der Waals surface area contributed by atoms with Crippen molar-refractivity contribution in [3.63, 3.8) is 0 Å². The van der Waals surface area contributed by atoms with Crippen LogP contribution in [-0.4, -0.2) is 43.3 Å². The Hall–Kier alpha value is -2.73. The zero-order chi connectivity index (χ0) is 18.3. The molecule has 2 aromatic rings. The van der Waals surface area contributed by atoms with Crippen LogP contribution in [0.25, 0.3) is 0 Å². The molecule has 1 unspecified atom stereocenters. The van der Waals surface area contributed by atoms with E-state index >= 15 is 0 Å². The molecule has 6 nitrogen and oxygen atoms in total. The highest BCUT2D eigenvalue weighted by Crippen LogP contribution is 2.50. The molecule has 136 valence electrons. The molecule has 0 saturated carbocycles. The number of fused-ring (bicyclic) bond motifs is 2. The van der Waals surface area contributed by atoms with Gasteiger partial charge < -0.3 is 19.3 Å². The molecule has 0 saturated heterocycles. The number of carbonyl (C=O) groups is 1. The smallest absolute Gasteiger partial charge is 0.231 e. The van der Waals surface area contributed by atoms with Crippen LogP contribution in [0.1, 0.15) is 33.9 Å². The molecule has 1 N–H and O–H groups in total. The number of phenolic OH excluding ortho intramolecular Hbond substituents is 1. The fourth-order valence-corrected chi connectivity index (χ4v) is 3.78. The number of Topliss-reactive ketones (excluding diaryl/α,β-unsaturated/α-hetero) is 1. The van der Waals surface area contributed by atoms with Crippen molar-refractivity contribution in [3.8, 4) is 23.0 Å². The molecule has 0 spiro atoms. The number of para-hydroxylation sites is 1. The normalized spacial score (nSPS) is 18.5. The van der Waals surface area contributed by atoms with E-state index in [-0.39, 0.29) is 30.8 Å². The van der Waals surface area contributed by atoms with E-state index in [4.69, 9.17) is 14.2 Å². The molecule has 0 aliphatic carbocycles. The van der Waals surface area contributed by atoms with Crippen LogP contribution in [0, 0.1) is 0 Å². The monoisotopic (exact) mass is 355 g/mol. The number of phenols is 1. The van der Waals surface area contributed by atoms with E-state index in [0.717, 1.165) is 24.1 Å². The van der Waals surface area contributed by atoms with Crippen molar-refractivity contribution in [1.82, 2.24) is 4.90 Å². The predicted octanol–water partition coefficient (Wildman–Crippen LogP) is 2.93. The summed E-state index contributed by atoms with van der Waals surface area (Å²) in [5.41, 5.74) is 2.42. The van der Waals surface area contributed by atoms with Crippen LogP contribution in [0.3, 0.4) is 0 Å². The number of methoxy groups -OCH3 is 1. The molecule has 1 atom stereocenters. The topological polar surface area (TPSA) is 68.2 Å². The molecule has 2 aromatic carbocycles. The number of carbonyl (C=O) groups excluding carboxylic acids is 1. The second kappa shape index (κ2) is 6.53. The summed E-state index contributed by atoms with van der Waals surface area (Å²) in [6.07, 6.45) is 1.09. The van der Waals surface area contributed by atoms with Gasteiger partial charge in [0.2, 0.25) is 12.5 Å². The number of aromatic hydroxyl groups is 1. The largest absolute Gasteiger partial charge is 0.507 e. The molecule has 0 bridgehead atoms. The predicted molar refractivity (Wildman–Crippen MR) is 95.2 cm³/mol. The maximum absolute atomic E-state index is 12.8. The molecular weight excluding hydrogens is 334 g/mol. The molecule has 26 heavy (non-hydrogen) atoms. The molecule has 2 heterocycles. The summed E-state index contributed by atoms with van der Waals surface area (Å²) in [6.45, 7) is 1.00. The third-order valence-corrected chi connectivity index (χ3v) is 5.13. The molecule has 2 aliphatic heterocycles. The van der Waals surface area contributed by atoms with E-state index in [9.17, 15) is 9.90 Å². The van der Waals surface area contributed by atoms with Crippen molar-refractivity contribution < 1.29 is 24.1 Å². The molecule has 0 radical (unpaired) electrons. The summed E-state index contributed by atoms with van der Waals surface area (Å²) in [5, 5.41) is 10.0. The molecule has 0 amide bonds. The molecular formula is C20H21NO5. The summed E-state index contributed by atoms with van der Waals surface area (Å²) >= 11 is 0. The van der Waals surface area contributed by atoms with Crippen LogP contribution in [0.2, 0.25) is 0 Å². The van der Waals surface area contributed by atoms with Crippen LogP contribution in [0.4, 0.5) is 0 Å². The first-order valence-corrected chi connectivity index (χ1v) is 8.61. The zero-order valence-corrected chi connectivity index (χ0v) is 14.8. The van der Waals surface area contributed by atoms with Gasteiger partial charge in [0.15, 0.2) is 17.3 Å². The summed E-state index contributed by atoms with van der Waals surface area (Å²) < 4.78 is 16.8. The second-order valence-electron chi connectivity index (χ2n) is 6.61. The quantitative estimate of drug-likeness (QED) is 0.851. The van der Waals surface area contributed by atoms with Gasteiger partial charge in [0.05, 0.1) is 12.7 Å². The lowest BCUT2D eigenvalue weighted by molar-refractivity contribution is 0.0923. The zero-order valence-electron chi connectivity index (χ0n) is 14.8. The SMILES string of the molecule is COc1c2c(cc3c1C(CC(=O)c1ccccc1O)N(C)CC3)OCO2. The lowest BCUT2D eigenvalue weighted by Crippen LogP contribution is -2.34. The first-order chi connectivity index (χ1) is 12.6. The number of nitrogens with zero attached hydrogens (tertiary/aromatic N) is 1. The fraction of sp³-hybridized carbons (Fsp3) is 0.350. The first kappa shape index (κ1) is 16.7. The van der Waals surface area contributed by atoms with Gasteiger partial charge >= 0.3 is 0 Å². The van der Waals surface area contributed by atoms with Gasteiger partial charge in [0.1, 0.15) is 5.75 Å². The standard InChI is InChI=1S/C20H21NO5/c1-21-8-7-12-9-17-19(26-11-25-17)20(24-2)18(12)14(21)10-16(23)13-5-3-4-6-15(13)22/h3-6,9,14,22H,7-8,10-11H2,1-2H3. The van der Waals surface area contributed by atoms with E-state index in [1.807, 2.05) is 13.1 Å². The van der Waals surface area contributed by atoms with Crippen molar-refractivity contribution in [2.45, 2.75) is 18.9 Å². The Labute approximate surface area is 151 Å². The Bertz CT molecular complexity index is 864. The Morgan fingerprint density at radius 3 is 2.92 bits per heavy atom. The number of ketones is 1. The third-order valence-electron chi connectivity index (χ3n) is 5.13. The maximum atomic E-state index is 12.8. The van der Waals surface area contributed by atoms with Crippen LogP contribution >= 0.6 is 0 Å². The van der Waals surface area contributed by atoms with Crippen molar-refractivity contribution in [1.29, 1.82) is 0 Å². The number of benzene rings is 2. The van der Waals surface area contributed by atoms with Crippen molar-refractivity contribution in [3.05, 3.63) is 47.0 Å². The van der Waals surface area contributed by atoms with E-state index in [1.165, 1.54) is 6.07 Å². The third kappa shape index (κ3) is 2.66. The van der Waals surface area contributed by atoms with E-state index in [0.29, 0.717) is 22.8 Å². The van der Waals surface area contributed by atoms with Gasteiger partial charge in [-0.1, -0.05) is 12.1 Å². The Morgan fingerprint density at radius 2 is 2.15 bits per heavy atom. The van der Waals surface area contributed by atoms with Crippen LogP contribution in [-0.2, 0) is 6.42 Å². The molecule has 2 aliphatic rings. The summed E-state index contributed by atoms with van der Waals surface area (Å²) in [6, 6.07) is 8.48. The van der Waals surface area contributed by atoms with Gasteiger partial charge in [-0.25, -0.2) is 0 Å². The molecule has 0 fully saturated rings. The molecule has 6 heteroatoms. The minimum Gasteiger partial charge on any atom is -0.507 e. The Kier molecular flexibility index (Phi) is 4.20. The van der Waals surface area contributed by atoms with Gasteiger partial charge in [-0.2, -0.15) is 0 Å². The minimum atomic E-state index is -0.157. The van der Waals surface area contributed by atoms with Gasteiger partial charge in [-0.3, -0.25) is 9.69 Å². The Morgan fingerprint density at radius 1 is 1.35 bits per heavy atom. The van der Waals surface area contributed by atoms with Gasteiger partial charge in [0.25, 0.3) is 0 Å². The van der Waals surface area contributed by atoms with Crippen molar-refractivity contribution >= 4 is 5.78 Å². The van der Waals surface area contributed by atoms with E-state index in [1.54, 1.807) is 25.3 Å². The van der Waals surface area contributed by atoms with E-state index < -0.39 is 0 Å².